The van der Waals surface area contributed by atoms with E-state index in [9.17, 15) is 22.4 Å². The molecule has 3 atom stereocenters. The summed E-state index contributed by atoms with van der Waals surface area (Å²) in [5, 5.41) is 8.39. The van der Waals surface area contributed by atoms with E-state index in [1.807, 2.05) is 13.0 Å². The number of nitriles is 1. The lowest BCUT2D eigenvalue weighted by atomic mass is 9.80. The lowest BCUT2D eigenvalue weighted by molar-refractivity contribution is -0.140. The predicted octanol–water partition coefficient (Wildman–Crippen LogP) is 2.12. The van der Waals surface area contributed by atoms with Crippen molar-refractivity contribution in [1.29, 1.82) is 5.26 Å². The zero-order valence-corrected chi connectivity index (χ0v) is 18.1. The van der Waals surface area contributed by atoms with Crippen molar-refractivity contribution in [3.63, 3.8) is 0 Å². The van der Waals surface area contributed by atoms with E-state index < -0.39 is 57.1 Å². The summed E-state index contributed by atoms with van der Waals surface area (Å²) in [5.74, 6) is -1.59. The number of hydrogen-bond donors (Lipinski definition) is 1. The van der Waals surface area contributed by atoms with Crippen LogP contribution in [0.4, 0.5) is 9.18 Å². The van der Waals surface area contributed by atoms with Crippen molar-refractivity contribution in [1.82, 2.24) is 14.5 Å². The molecule has 1 saturated heterocycles. The molecule has 3 fully saturated rings. The summed E-state index contributed by atoms with van der Waals surface area (Å²) in [4.78, 5) is 28.5. The lowest BCUT2D eigenvalue weighted by Crippen LogP contribution is -2.63. The van der Waals surface area contributed by atoms with Gasteiger partial charge in [-0.15, -0.1) is 0 Å². The summed E-state index contributed by atoms with van der Waals surface area (Å²) >= 11 is 0. The number of benzene rings is 1. The third-order valence-corrected chi connectivity index (χ3v) is 8.63. The van der Waals surface area contributed by atoms with Crippen LogP contribution in [0.15, 0.2) is 24.3 Å². The summed E-state index contributed by atoms with van der Waals surface area (Å²) in [6.45, 7) is 1.62. The van der Waals surface area contributed by atoms with Gasteiger partial charge in [-0.3, -0.25) is 4.79 Å². The molecule has 0 radical (unpaired) electrons. The van der Waals surface area contributed by atoms with Crippen LogP contribution in [0.25, 0.3) is 0 Å². The lowest BCUT2D eigenvalue weighted by Gasteiger charge is -2.47. The first-order valence-electron chi connectivity index (χ1n) is 10.4. The van der Waals surface area contributed by atoms with Crippen LogP contribution in [-0.4, -0.2) is 53.5 Å². The molecular weight excluding hydrogens is 423 g/mol. The highest BCUT2D eigenvalue weighted by molar-refractivity contribution is 7.90. The van der Waals surface area contributed by atoms with Gasteiger partial charge in [-0.25, -0.2) is 27.2 Å². The van der Waals surface area contributed by atoms with E-state index in [-0.39, 0.29) is 13.0 Å². The van der Waals surface area contributed by atoms with Gasteiger partial charge in [0.2, 0.25) is 15.9 Å². The van der Waals surface area contributed by atoms with Gasteiger partial charge in [0.25, 0.3) is 0 Å². The molecule has 1 aromatic carbocycles. The molecule has 1 N–H and O–H groups in total. The van der Waals surface area contributed by atoms with Crippen LogP contribution >= 0.6 is 0 Å². The van der Waals surface area contributed by atoms with E-state index in [0.29, 0.717) is 18.4 Å². The van der Waals surface area contributed by atoms with Crippen molar-refractivity contribution >= 4 is 22.0 Å². The van der Waals surface area contributed by atoms with Crippen molar-refractivity contribution in [3.8, 4) is 6.07 Å². The topological polar surface area (TPSA) is 111 Å². The van der Waals surface area contributed by atoms with Crippen molar-refractivity contribution in [2.75, 3.05) is 6.54 Å². The SMILES string of the molecule is CC1(NS(=O)(=O)C2CCC3C(C2)C(=O)N(CC#N)C(=O)N3Cc2ccc(F)cc2)CC1. The second-order valence-electron chi connectivity index (χ2n) is 8.94. The second kappa shape index (κ2) is 7.88. The van der Waals surface area contributed by atoms with E-state index in [0.717, 1.165) is 17.7 Å². The number of halogens is 1. The van der Waals surface area contributed by atoms with Crippen LogP contribution in [0.1, 0.15) is 44.6 Å². The number of nitrogens with one attached hydrogen (secondary N) is 1. The fourth-order valence-electron chi connectivity index (χ4n) is 4.53. The molecule has 3 aliphatic rings. The maximum atomic E-state index is 13.3. The molecule has 0 aromatic heterocycles. The highest BCUT2D eigenvalue weighted by atomic mass is 32.2. The van der Waals surface area contributed by atoms with Gasteiger partial charge in [0.05, 0.1) is 17.2 Å². The quantitative estimate of drug-likeness (QED) is 0.670. The molecule has 1 aliphatic heterocycles. The van der Waals surface area contributed by atoms with Gasteiger partial charge in [0, 0.05) is 18.1 Å². The minimum Gasteiger partial charge on any atom is -0.316 e. The molecule has 4 rings (SSSR count). The molecule has 1 aromatic rings. The maximum Gasteiger partial charge on any atom is 0.328 e. The van der Waals surface area contributed by atoms with Crippen molar-refractivity contribution in [3.05, 3.63) is 35.6 Å². The van der Waals surface area contributed by atoms with Gasteiger partial charge >= 0.3 is 6.03 Å². The molecule has 166 valence electrons. The van der Waals surface area contributed by atoms with Crippen molar-refractivity contribution in [2.45, 2.75) is 62.4 Å². The Kier molecular flexibility index (Phi) is 5.52. The Hall–Kier alpha value is -2.51. The Labute approximate surface area is 181 Å². The third kappa shape index (κ3) is 4.29. The zero-order valence-electron chi connectivity index (χ0n) is 17.3. The Morgan fingerprint density at radius 3 is 2.52 bits per heavy atom. The van der Waals surface area contributed by atoms with Crippen LogP contribution in [-0.2, 0) is 21.4 Å². The summed E-state index contributed by atoms with van der Waals surface area (Å²) < 4.78 is 41.8. The highest BCUT2D eigenvalue weighted by Gasteiger charge is 2.52. The van der Waals surface area contributed by atoms with Gasteiger partial charge < -0.3 is 4.90 Å². The number of imide groups is 1. The molecular formula is C21H25FN4O4S. The first kappa shape index (κ1) is 21.7. The largest absolute Gasteiger partial charge is 0.328 e. The fraction of sp³-hybridized carbons (Fsp3) is 0.571. The Balaban J connectivity index is 1.59. The number of hydrogen-bond acceptors (Lipinski definition) is 5. The molecule has 3 unspecified atom stereocenters. The first-order valence-corrected chi connectivity index (χ1v) is 11.9. The van der Waals surface area contributed by atoms with Crippen LogP contribution in [0.5, 0.6) is 0 Å². The standard InChI is InChI=1S/C21H25FN4O4S/c1-21(8-9-21)24-31(29,30)16-6-7-18-17(12-16)19(27)25(11-10-23)20(28)26(18)13-14-2-4-15(22)5-3-14/h2-5,16-18,24H,6-9,11-13H2,1H3. The highest BCUT2D eigenvalue weighted by Crippen LogP contribution is 2.40. The molecule has 2 saturated carbocycles. The monoisotopic (exact) mass is 448 g/mol. The van der Waals surface area contributed by atoms with Gasteiger partial charge in [-0.2, -0.15) is 5.26 Å². The average Bonchev–Trinajstić information content (AvgIpc) is 3.45. The minimum atomic E-state index is -3.61. The summed E-state index contributed by atoms with van der Waals surface area (Å²) in [6.07, 6.45) is 2.39. The second-order valence-corrected chi connectivity index (χ2v) is 10.9. The van der Waals surface area contributed by atoms with Crippen LogP contribution in [0, 0.1) is 23.1 Å². The van der Waals surface area contributed by atoms with Crippen LogP contribution in [0.2, 0.25) is 0 Å². The normalized spacial score (nSPS) is 27.6. The van der Waals surface area contributed by atoms with Crippen molar-refractivity contribution < 1.29 is 22.4 Å². The maximum absolute atomic E-state index is 13.3. The number of carbonyl (C=O) groups is 2. The van der Waals surface area contributed by atoms with E-state index in [1.165, 1.54) is 17.0 Å². The number of urea groups is 1. The predicted molar refractivity (Wildman–Crippen MR) is 109 cm³/mol. The van der Waals surface area contributed by atoms with Crippen LogP contribution < -0.4 is 4.72 Å². The first-order chi connectivity index (χ1) is 14.6. The van der Waals surface area contributed by atoms with E-state index in [4.69, 9.17) is 5.26 Å². The minimum absolute atomic E-state index is 0.101. The summed E-state index contributed by atoms with van der Waals surface area (Å²) in [5.41, 5.74) is 0.293. The number of amides is 3. The number of rotatable bonds is 6. The van der Waals surface area contributed by atoms with Gasteiger partial charge in [0.1, 0.15) is 12.4 Å². The van der Waals surface area contributed by atoms with Crippen LogP contribution in [0.3, 0.4) is 0 Å². The van der Waals surface area contributed by atoms with E-state index >= 15 is 0 Å². The summed E-state index contributed by atoms with van der Waals surface area (Å²) in [6, 6.07) is 6.55. The molecule has 8 nitrogen and oxygen atoms in total. The van der Waals surface area contributed by atoms with E-state index in [1.54, 1.807) is 12.1 Å². The van der Waals surface area contributed by atoms with E-state index in [2.05, 4.69) is 4.72 Å². The summed E-state index contributed by atoms with van der Waals surface area (Å²) in [7, 11) is -3.61. The molecule has 10 heteroatoms. The molecule has 2 aliphatic carbocycles. The van der Waals surface area contributed by atoms with Gasteiger partial charge in [-0.05, 0) is 56.7 Å². The molecule has 3 amide bonds. The third-order valence-electron chi connectivity index (χ3n) is 6.55. The van der Waals surface area contributed by atoms with Gasteiger partial charge in [-0.1, -0.05) is 12.1 Å². The number of sulfonamides is 1. The van der Waals surface area contributed by atoms with Crippen molar-refractivity contribution in [2.24, 2.45) is 5.92 Å². The Morgan fingerprint density at radius 1 is 1.23 bits per heavy atom. The Bertz CT molecular complexity index is 1030. The fourth-order valence-corrected chi connectivity index (χ4v) is 6.50. The smallest absolute Gasteiger partial charge is 0.316 e. The average molecular weight is 449 g/mol. The number of nitrogens with zero attached hydrogens (tertiary/aromatic N) is 3. The molecule has 31 heavy (non-hydrogen) atoms. The zero-order chi connectivity index (χ0) is 22.4. The molecule has 0 bridgehead atoms. The number of carbonyl (C=O) groups excluding carboxylic acids is 2. The van der Waals surface area contributed by atoms with Gasteiger partial charge in [0.15, 0.2) is 0 Å². The number of fused-ring (bicyclic) bond motifs is 1. The molecule has 1 heterocycles. The molecule has 0 spiro atoms. The Morgan fingerprint density at radius 2 is 1.90 bits per heavy atom.